The van der Waals surface area contributed by atoms with E-state index in [1.165, 1.54) is 13.8 Å². The van der Waals surface area contributed by atoms with Gasteiger partial charge in [-0.05, 0) is 68.2 Å². The van der Waals surface area contributed by atoms with E-state index in [1.54, 1.807) is 41.5 Å². The van der Waals surface area contributed by atoms with E-state index in [9.17, 15) is 19.2 Å². The minimum absolute atomic E-state index is 0.0612. The monoisotopic (exact) mass is 492 g/mol. The van der Waals surface area contributed by atoms with Crippen molar-refractivity contribution in [3.63, 3.8) is 0 Å². The summed E-state index contributed by atoms with van der Waals surface area (Å²) in [5, 5.41) is 19.8. The zero-order valence-corrected chi connectivity index (χ0v) is 21.5. The van der Waals surface area contributed by atoms with Gasteiger partial charge in [-0.2, -0.15) is 10.1 Å². The summed E-state index contributed by atoms with van der Waals surface area (Å²) in [5.74, 6) is -2.14. The van der Waals surface area contributed by atoms with Crippen LogP contribution in [0.25, 0.3) is 0 Å². The van der Waals surface area contributed by atoms with Crippen LogP contribution in [0.1, 0.15) is 81.1 Å². The number of aliphatic carboxylic acids is 2. The van der Waals surface area contributed by atoms with Crippen LogP contribution in [0.4, 0.5) is 9.59 Å². The lowest BCUT2D eigenvalue weighted by Gasteiger charge is -2.29. The maximum atomic E-state index is 12.5. The van der Waals surface area contributed by atoms with E-state index in [-0.39, 0.29) is 25.9 Å². The lowest BCUT2D eigenvalue weighted by molar-refractivity contribution is -0.189. The van der Waals surface area contributed by atoms with E-state index >= 15 is 0 Å². The van der Waals surface area contributed by atoms with Gasteiger partial charge in [-0.15, -0.1) is 0 Å². The van der Waals surface area contributed by atoms with E-state index in [2.05, 4.69) is 0 Å². The summed E-state index contributed by atoms with van der Waals surface area (Å²) >= 11 is 0. The fraction of sp³-hybridized carbons (Fsp3) is 0.818. The minimum atomic E-state index is -1.07. The fourth-order valence-corrected chi connectivity index (χ4v) is 2.51. The second kappa shape index (κ2) is 14.0. The first-order valence-electron chi connectivity index (χ1n) is 11.2. The van der Waals surface area contributed by atoms with Gasteiger partial charge in [0, 0.05) is 0 Å². The van der Waals surface area contributed by atoms with E-state index in [1.807, 2.05) is 0 Å². The van der Waals surface area contributed by atoms with Crippen LogP contribution >= 0.6 is 0 Å². The standard InChI is InChI=1S/C22H40N2O10/c1-15(13-17(25)26)33-23(19(29)31-21(3,4)5)11-9-10-12-24(20(30)32-22(6,7)8)34-16(2)14-18(27)28/h15-16H,9-14H2,1-8H3,(H,25,26)(H,27,28). The normalized spacial score (nSPS) is 13.5. The molecular formula is C22H40N2O10. The number of carbonyl (C=O) groups is 4. The van der Waals surface area contributed by atoms with Crippen molar-refractivity contribution in [2.45, 2.75) is 104 Å². The first kappa shape index (κ1) is 31.4. The molecule has 0 saturated heterocycles. The highest BCUT2D eigenvalue weighted by atomic mass is 16.7. The number of carbonyl (C=O) groups excluding carboxylic acids is 2. The van der Waals surface area contributed by atoms with Gasteiger partial charge in [0.1, 0.15) is 11.2 Å². The van der Waals surface area contributed by atoms with Crippen molar-refractivity contribution in [3.05, 3.63) is 0 Å². The highest BCUT2D eigenvalue weighted by Gasteiger charge is 2.27. The maximum absolute atomic E-state index is 12.5. The zero-order chi connectivity index (χ0) is 26.7. The van der Waals surface area contributed by atoms with Gasteiger partial charge in [-0.1, -0.05) is 0 Å². The average Bonchev–Trinajstić information content (AvgIpc) is 2.58. The summed E-state index contributed by atoms with van der Waals surface area (Å²) < 4.78 is 10.6. The summed E-state index contributed by atoms with van der Waals surface area (Å²) in [5.41, 5.74) is -1.56. The minimum Gasteiger partial charge on any atom is -0.481 e. The molecule has 0 aliphatic carbocycles. The maximum Gasteiger partial charge on any atom is 0.434 e. The third-order valence-corrected chi connectivity index (χ3v) is 3.71. The van der Waals surface area contributed by atoms with Crippen molar-refractivity contribution in [1.29, 1.82) is 0 Å². The van der Waals surface area contributed by atoms with Gasteiger partial charge in [0.25, 0.3) is 0 Å². The lowest BCUT2D eigenvalue weighted by Crippen LogP contribution is -2.41. The van der Waals surface area contributed by atoms with Crippen molar-refractivity contribution >= 4 is 24.1 Å². The Bertz CT molecular complexity index is 626. The van der Waals surface area contributed by atoms with E-state index in [0.29, 0.717) is 12.8 Å². The predicted molar refractivity (Wildman–Crippen MR) is 121 cm³/mol. The Hall–Kier alpha value is -2.60. The van der Waals surface area contributed by atoms with Gasteiger partial charge in [-0.25, -0.2) is 9.59 Å². The SMILES string of the molecule is CC(CC(=O)O)ON(CCCCN(OC(C)CC(=O)O)C(=O)OC(C)(C)C)C(=O)OC(C)(C)C. The number of carboxylic acid groups (broad SMARTS) is 2. The van der Waals surface area contributed by atoms with Gasteiger partial charge < -0.3 is 19.7 Å². The summed E-state index contributed by atoms with van der Waals surface area (Å²) in [6.45, 7) is 13.3. The molecule has 0 rings (SSSR count). The summed E-state index contributed by atoms with van der Waals surface area (Å²) in [4.78, 5) is 57.8. The summed E-state index contributed by atoms with van der Waals surface area (Å²) in [6, 6.07) is 0. The number of rotatable bonds is 13. The Morgan fingerprint density at radius 3 is 1.21 bits per heavy atom. The topological polar surface area (TPSA) is 152 Å². The van der Waals surface area contributed by atoms with Crippen molar-refractivity contribution in [1.82, 2.24) is 10.1 Å². The molecule has 0 aromatic carbocycles. The molecule has 0 aromatic heterocycles. The van der Waals surface area contributed by atoms with Gasteiger partial charge in [0.05, 0.1) is 38.1 Å². The largest absolute Gasteiger partial charge is 0.481 e. The Morgan fingerprint density at radius 1 is 0.676 bits per heavy atom. The first-order chi connectivity index (χ1) is 15.4. The molecule has 2 unspecified atom stereocenters. The number of amides is 2. The van der Waals surface area contributed by atoms with Crippen LogP contribution in [0, 0.1) is 0 Å². The Kier molecular flexibility index (Phi) is 12.9. The van der Waals surface area contributed by atoms with Crippen LogP contribution in [0.2, 0.25) is 0 Å². The third-order valence-electron chi connectivity index (χ3n) is 3.71. The number of ether oxygens (including phenoxy) is 2. The Labute approximate surface area is 201 Å². The molecule has 0 radical (unpaired) electrons. The molecule has 34 heavy (non-hydrogen) atoms. The van der Waals surface area contributed by atoms with Gasteiger partial charge >= 0.3 is 24.1 Å². The van der Waals surface area contributed by atoms with Gasteiger partial charge in [-0.3, -0.25) is 19.3 Å². The molecule has 198 valence electrons. The van der Waals surface area contributed by atoms with Gasteiger partial charge in [0.2, 0.25) is 0 Å². The number of nitrogens with zero attached hydrogens (tertiary/aromatic N) is 2. The van der Waals surface area contributed by atoms with E-state index < -0.39 is 47.5 Å². The van der Waals surface area contributed by atoms with Crippen molar-refractivity contribution in [2.75, 3.05) is 13.1 Å². The molecule has 2 amide bonds. The number of carboxylic acids is 2. The van der Waals surface area contributed by atoms with Crippen molar-refractivity contribution in [2.24, 2.45) is 0 Å². The molecular weight excluding hydrogens is 452 g/mol. The molecule has 0 heterocycles. The van der Waals surface area contributed by atoms with Crippen LogP contribution in [0.15, 0.2) is 0 Å². The van der Waals surface area contributed by atoms with E-state index in [4.69, 9.17) is 29.4 Å². The molecule has 0 bridgehead atoms. The molecule has 0 aliphatic rings. The molecule has 12 nitrogen and oxygen atoms in total. The smallest absolute Gasteiger partial charge is 0.434 e. The van der Waals surface area contributed by atoms with Crippen LogP contribution in [0.5, 0.6) is 0 Å². The van der Waals surface area contributed by atoms with Crippen molar-refractivity contribution in [3.8, 4) is 0 Å². The highest BCUT2D eigenvalue weighted by molar-refractivity contribution is 5.68. The molecule has 0 saturated carbocycles. The van der Waals surface area contributed by atoms with Crippen LogP contribution in [0.3, 0.4) is 0 Å². The number of hydrogen-bond donors (Lipinski definition) is 2. The first-order valence-corrected chi connectivity index (χ1v) is 11.2. The molecule has 2 atom stereocenters. The molecule has 12 heteroatoms. The second-order valence-electron chi connectivity index (χ2n) is 9.90. The second-order valence-corrected chi connectivity index (χ2v) is 9.90. The van der Waals surface area contributed by atoms with Crippen LogP contribution in [-0.2, 0) is 28.7 Å². The van der Waals surface area contributed by atoms with Crippen molar-refractivity contribution < 1.29 is 48.5 Å². The predicted octanol–water partition coefficient (Wildman–Crippen LogP) is 3.83. The van der Waals surface area contributed by atoms with Gasteiger partial charge in [0.15, 0.2) is 0 Å². The quantitative estimate of drug-likeness (QED) is 0.286. The zero-order valence-electron chi connectivity index (χ0n) is 21.5. The average molecular weight is 493 g/mol. The van der Waals surface area contributed by atoms with Crippen LogP contribution in [-0.4, -0.2) is 81.0 Å². The number of hydroxylamine groups is 4. The van der Waals surface area contributed by atoms with E-state index in [0.717, 1.165) is 10.1 Å². The number of unbranched alkanes of at least 4 members (excludes halogenated alkanes) is 1. The van der Waals surface area contributed by atoms with Crippen LogP contribution < -0.4 is 0 Å². The molecule has 2 N–H and O–H groups in total. The third kappa shape index (κ3) is 16.1. The lowest BCUT2D eigenvalue weighted by atomic mass is 10.2. The fourth-order valence-electron chi connectivity index (χ4n) is 2.51. The Balaban J connectivity index is 5.13. The highest BCUT2D eigenvalue weighted by Crippen LogP contribution is 2.15. The summed E-state index contributed by atoms with van der Waals surface area (Å²) in [6.07, 6.45) is -3.00. The molecule has 0 aromatic rings. The number of hydrogen-bond acceptors (Lipinski definition) is 8. The molecule has 0 aliphatic heterocycles. The Morgan fingerprint density at radius 2 is 0.971 bits per heavy atom. The molecule has 0 spiro atoms. The molecule has 0 fully saturated rings. The summed E-state index contributed by atoms with van der Waals surface area (Å²) in [7, 11) is 0.